The van der Waals surface area contributed by atoms with Gasteiger partial charge < -0.3 is 19.7 Å². The molecule has 1 aromatic carbocycles. The zero-order valence-electron chi connectivity index (χ0n) is 16.7. The number of hydrogen-bond donors (Lipinski definition) is 1. The van der Waals surface area contributed by atoms with Gasteiger partial charge in [0.05, 0.1) is 31.6 Å². The number of ether oxygens (including phenoxy) is 2. The van der Waals surface area contributed by atoms with Crippen molar-refractivity contribution in [2.24, 2.45) is 0 Å². The highest BCUT2D eigenvalue weighted by Gasteiger charge is 2.32. The maximum absolute atomic E-state index is 13.3. The third kappa shape index (κ3) is 5.72. The fourth-order valence-corrected chi connectivity index (χ4v) is 2.40. The summed E-state index contributed by atoms with van der Waals surface area (Å²) in [6, 6.07) is 8.11. The molecule has 1 N–H and O–H groups in total. The van der Waals surface area contributed by atoms with Crippen molar-refractivity contribution in [2.75, 3.05) is 38.5 Å². The number of alkyl halides is 3. The molecule has 0 radical (unpaired) electrons. The number of carbonyl (C=O) groups excluding carboxylic acids is 2. The lowest BCUT2D eigenvalue weighted by atomic mass is 10.1. The molecule has 0 unspecified atom stereocenters. The van der Waals surface area contributed by atoms with Crippen LogP contribution in [0.1, 0.15) is 5.56 Å². The van der Waals surface area contributed by atoms with Gasteiger partial charge in [-0.15, -0.1) is 0 Å². The maximum Gasteiger partial charge on any atom is 0.416 e. The Morgan fingerprint density at radius 2 is 1.80 bits per heavy atom. The minimum atomic E-state index is -4.54. The monoisotopic (exact) mass is 423 g/mol. The van der Waals surface area contributed by atoms with Crippen molar-refractivity contribution in [3.8, 4) is 11.3 Å². The molecule has 0 aliphatic carbocycles. The summed E-state index contributed by atoms with van der Waals surface area (Å²) in [7, 11) is 5.46. The van der Waals surface area contributed by atoms with Crippen LogP contribution in [0.5, 0.6) is 0 Å². The molecule has 0 atom stereocenters. The zero-order valence-corrected chi connectivity index (χ0v) is 16.7. The van der Waals surface area contributed by atoms with E-state index in [-0.39, 0.29) is 17.2 Å². The molecule has 0 amide bonds. The van der Waals surface area contributed by atoms with E-state index in [1.54, 1.807) is 32.3 Å². The first kappa shape index (κ1) is 22.7. The van der Waals surface area contributed by atoms with Gasteiger partial charge in [-0.05, 0) is 24.3 Å². The van der Waals surface area contributed by atoms with Crippen LogP contribution in [0.2, 0.25) is 0 Å². The van der Waals surface area contributed by atoms with Crippen molar-refractivity contribution >= 4 is 23.4 Å². The van der Waals surface area contributed by atoms with Crippen LogP contribution < -0.4 is 10.2 Å². The summed E-state index contributed by atoms with van der Waals surface area (Å²) in [4.78, 5) is 29.1. The molecule has 1 aromatic heterocycles. The number of aromatic nitrogens is 1. The third-order valence-electron chi connectivity index (χ3n) is 3.90. The number of carbonyl (C=O) groups is 2. The molecule has 0 aliphatic heterocycles. The number of methoxy groups -OCH3 is 2. The second kappa shape index (κ2) is 9.29. The molecular formula is C20H20F3N3O4. The van der Waals surface area contributed by atoms with Gasteiger partial charge in [0.25, 0.3) is 0 Å². The van der Waals surface area contributed by atoms with Gasteiger partial charge in [-0.2, -0.15) is 13.2 Å². The number of nitrogens with zero attached hydrogens (tertiary/aromatic N) is 2. The molecule has 0 saturated carbocycles. The van der Waals surface area contributed by atoms with Crippen LogP contribution in [-0.2, 0) is 25.2 Å². The summed E-state index contributed by atoms with van der Waals surface area (Å²) < 4.78 is 49.0. The minimum Gasteiger partial charge on any atom is -0.466 e. The fourth-order valence-electron chi connectivity index (χ4n) is 2.40. The average Bonchev–Trinajstić information content (AvgIpc) is 2.71. The Morgan fingerprint density at radius 3 is 2.37 bits per heavy atom. The Kier molecular flexibility index (Phi) is 7.04. The van der Waals surface area contributed by atoms with Crippen LogP contribution in [-0.4, -0.2) is 45.2 Å². The summed E-state index contributed by atoms with van der Waals surface area (Å²) >= 11 is 0. The van der Waals surface area contributed by atoms with Crippen molar-refractivity contribution in [1.29, 1.82) is 0 Å². The van der Waals surface area contributed by atoms with E-state index in [1.165, 1.54) is 11.0 Å². The summed E-state index contributed by atoms with van der Waals surface area (Å²) in [6.45, 7) is 0. The van der Waals surface area contributed by atoms with Crippen LogP contribution >= 0.6 is 0 Å². The van der Waals surface area contributed by atoms with Crippen LogP contribution in [0.25, 0.3) is 11.3 Å². The molecule has 1 heterocycles. The number of benzene rings is 1. The molecule has 160 valence electrons. The molecule has 0 fully saturated rings. The van der Waals surface area contributed by atoms with Crippen LogP contribution in [0, 0.1) is 0 Å². The number of rotatable bonds is 6. The van der Waals surface area contributed by atoms with Crippen LogP contribution in [0.4, 0.5) is 24.7 Å². The average molecular weight is 423 g/mol. The SMILES string of the molecule is COC(=O)/C=C(/Nc1cccc(-c2cc(C(F)(F)F)cc(N(C)C)n2)c1)C(=O)OC. The lowest BCUT2D eigenvalue weighted by molar-refractivity contribution is -0.138. The topological polar surface area (TPSA) is 80.8 Å². The Bertz CT molecular complexity index is 972. The highest BCUT2D eigenvalue weighted by molar-refractivity contribution is 5.98. The van der Waals surface area contributed by atoms with E-state index < -0.39 is 23.7 Å². The summed E-state index contributed by atoms with van der Waals surface area (Å²) in [5, 5.41) is 2.71. The molecule has 0 aliphatic rings. The van der Waals surface area contributed by atoms with Crippen molar-refractivity contribution in [1.82, 2.24) is 4.98 Å². The van der Waals surface area contributed by atoms with E-state index in [4.69, 9.17) is 0 Å². The second-order valence-corrected chi connectivity index (χ2v) is 6.27. The lowest BCUT2D eigenvalue weighted by Crippen LogP contribution is -2.15. The van der Waals surface area contributed by atoms with Gasteiger partial charge in [0, 0.05) is 25.3 Å². The van der Waals surface area contributed by atoms with Crippen molar-refractivity contribution in [3.63, 3.8) is 0 Å². The number of hydrogen-bond acceptors (Lipinski definition) is 7. The van der Waals surface area contributed by atoms with E-state index in [0.717, 1.165) is 32.4 Å². The number of pyridine rings is 1. The first-order valence-corrected chi connectivity index (χ1v) is 8.57. The largest absolute Gasteiger partial charge is 0.466 e. The van der Waals surface area contributed by atoms with Crippen molar-refractivity contribution < 1.29 is 32.2 Å². The highest BCUT2D eigenvalue weighted by Crippen LogP contribution is 2.34. The van der Waals surface area contributed by atoms with Gasteiger partial charge >= 0.3 is 18.1 Å². The predicted molar refractivity (Wildman–Crippen MR) is 105 cm³/mol. The summed E-state index contributed by atoms with van der Waals surface area (Å²) in [5.41, 5.74) is -0.244. The Labute approximate surface area is 171 Å². The number of anilines is 2. The van der Waals surface area contributed by atoms with Crippen molar-refractivity contribution in [3.05, 3.63) is 53.7 Å². The van der Waals surface area contributed by atoms with Gasteiger partial charge in [0.2, 0.25) is 0 Å². The van der Waals surface area contributed by atoms with E-state index in [1.807, 2.05) is 0 Å². The molecule has 0 spiro atoms. The molecule has 30 heavy (non-hydrogen) atoms. The van der Waals surface area contributed by atoms with Crippen molar-refractivity contribution in [2.45, 2.75) is 6.18 Å². The normalized spacial score (nSPS) is 11.6. The van der Waals surface area contributed by atoms with Gasteiger partial charge in [-0.25, -0.2) is 14.6 Å². The van der Waals surface area contributed by atoms with Gasteiger partial charge in [0.1, 0.15) is 11.5 Å². The van der Waals surface area contributed by atoms with E-state index in [2.05, 4.69) is 19.8 Å². The number of nitrogens with one attached hydrogen (secondary N) is 1. The Morgan fingerprint density at radius 1 is 1.10 bits per heavy atom. The Hall–Kier alpha value is -3.56. The fraction of sp³-hybridized carbons (Fsp3) is 0.250. The van der Waals surface area contributed by atoms with Crippen LogP contribution in [0.15, 0.2) is 48.2 Å². The second-order valence-electron chi connectivity index (χ2n) is 6.27. The quantitative estimate of drug-likeness (QED) is 0.563. The minimum absolute atomic E-state index is 0.0914. The lowest BCUT2D eigenvalue weighted by Gasteiger charge is -2.17. The van der Waals surface area contributed by atoms with Crippen LogP contribution in [0.3, 0.4) is 0 Å². The molecule has 10 heteroatoms. The Balaban J connectivity index is 2.48. The summed E-state index contributed by atoms with van der Waals surface area (Å²) in [5.74, 6) is -1.47. The van der Waals surface area contributed by atoms with E-state index >= 15 is 0 Å². The van der Waals surface area contributed by atoms with Gasteiger partial charge in [-0.3, -0.25) is 0 Å². The van der Waals surface area contributed by atoms with E-state index in [9.17, 15) is 22.8 Å². The van der Waals surface area contributed by atoms with Gasteiger partial charge in [-0.1, -0.05) is 12.1 Å². The molecule has 0 bridgehead atoms. The van der Waals surface area contributed by atoms with Gasteiger partial charge in [0.15, 0.2) is 0 Å². The highest BCUT2D eigenvalue weighted by atomic mass is 19.4. The first-order valence-electron chi connectivity index (χ1n) is 8.57. The molecule has 7 nitrogen and oxygen atoms in total. The summed E-state index contributed by atoms with van der Waals surface area (Å²) in [6.07, 6.45) is -3.63. The number of esters is 2. The third-order valence-corrected chi connectivity index (χ3v) is 3.90. The smallest absolute Gasteiger partial charge is 0.416 e. The standard InChI is InChI=1S/C20H20F3N3O4/c1-26(2)17-10-13(20(21,22)23)9-15(25-17)12-6-5-7-14(8-12)24-16(19(28)30-4)11-18(27)29-3/h5-11,24H,1-4H3/b16-11+. The first-order chi connectivity index (χ1) is 14.0. The van der Waals surface area contributed by atoms with E-state index in [0.29, 0.717) is 11.3 Å². The zero-order chi connectivity index (χ0) is 22.5. The number of halogens is 3. The molecular weight excluding hydrogens is 403 g/mol. The maximum atomic E-state index is 13.3. The predicted octanol–water partition coefficient (Wildman–Crippen LogP) is 3.48. The molecule has 2 rings (SSSR count). The molecule has 0 saturated heterocycles. The molecule has 2 aromatic rings.